The normalized spacial score (nSPS) is 17.8. The number of amides is 1. The summed E-state index contributed by atoms with van der Waals surface area (Å²) >= 11 is 1.61. The van der Waals surface area contributed by atoms with Crippen LogP contribution in [0.4, 0.5) is 5.69 Å². The average molecular weight is 324 g/mol. The van der Waals surface area contributed by atoms with E-state index in [9.17, 15) is 4.79 Å². The van der Waals surface area contributed by atoms with Gasteiger partial charge in [-0.1, -0.05) is 0 Å². The highest BCUT2D eigenvalue weighted by Gasteiger charge is 2.20. The second-order valence-electron chi connectivity index (χ2n) is 4.95. The van der Waals surface area contributed by atoms with Crippen LogP contribution in [0.2, 0.25) is 0 Å². The Labute approximate surface area is 134 Å². The highest BCUT2D eigenvalue weighted by Crippen LogP contribution is 2.23. The highest BCUT2D eigenvalue weighted by molar-refractivity contribution is 7.13. The van der Waals surface area contributed by atoms with Crippen LogP contribution in [0, 0.1) is 5.92 Å². The molecule has 1 atom stereocenters. The van der Waals surface area contributed by atoms with E-state index in [2.05, 4.69) is 15.6 Å². The zero-order chi connectivity index (χ0) is 13.8. The zero-order valence-corrected chi connectivity index (χ0v) is 13.2. The predicted molar refractivity (Wildman–Crippen MR) is 89.0 cm³/mol. The molecule has 1 fully saturated rings. The molecule has 0 spiro atoms. The van der Waals surface area contributed by atoms with Crippen LogP contribution in [0.3, 0.4) is 0 Å². The van der Waals surface area contributed by atoms with E-state index in [4.69, 9.17) is 0 Å². The summed E-state index contributed by atoms with van der Waals surface area (Å²) in [6.45, 7) is 1.80. The molecule has 4 nitrogen and oxygen atoms in total. The maximum atomic E-state index is 12.1. The van der Waals surface area contributed by atoms with Crippen LogP contribution in [0.15, 0.2) is 35.8 Å². The highest BCUT2D eigenvalue weighted by atomic mass is 35.5. The molecule has 2 heterocycles. The molecule has 1 aromatic carbocycles. The van der Waals surface area contributed by atoms with E-state index in [-0.39, 0.29) is 24.2 Å². The molecular weight excluding hydrogens is 306 g/mol. The molecular formula is C15H18ClN3OS. The number of benzene rings is 1. The average Bonchev–Trinajstić information content (AvgIpc) is 3.03. The monoisotopic (exact) mass is 323 g/mol. The Morgan fingerprint density at radius 2 is 2.14 bits per heavy atom. The summed E-state index contributed by atoms with van der Waals surface area (Å²) in [4.78, 5) is 16.4. The van der Waals surface area contributed by atoms with Crippen molar-refractivity contribution in [3.05, 3.63) is 35.8 Å². The molecule has 0 radical (unpaired) electrons. The standard InChI is InChI=1S/C15H17N3OS.ClH/c19-14(12-2-1-7-16-10-12)18-13-5-3-11(4-6-13)15-17-8-9-20-15;/h3-6,8-9,12,16H,1-2,7,10H2,(H,18,19);1H. The lowest BCUT2D eigenvalue weighted by atomic mass is 9.99. The number of rotatable bonds is 3. The van der Waals surface area contributed by atoms with E-state index in [1.165, 1.54) is 0 Å². The van der Waals surface area contributed by atoms with Gasteiger partial charge in [-0.15, -0.1) is 23.7 Å². The fraction of sp³-hybridized carbons (Fsp3) is 0.333. The lowest BCUT2D eigenvalue weighted by Crippen LogP contribution is -2.37. The topological polar surface area (TPSA) is 54.0 Å². The van der Waals surface area contributed by atoms with Crippen LogP contribution < -0.4 is 10.6 Å². The van der Waals surface area contributed by atoms with Crippen molar-refractivity contribution in [2.75, 3.05) is 18.4 Å². The summed E-state index contributed by atoms with van der Waals surface area (Å²) in [5.41, 5.74) is 1.93. The number of thiazole rings is 1. The minimum Gasteiger partial charge on any atom is -0.326 e. The Morgan fingerprint density at radius 3 is 2.76 bits per heavy atom. The molecule has 6 heteroatoms. The number of nitrogens with one attached hydrogen (secondary N) is 2. The Morgan fingerprint density at radius 1 is 1.33 bits per heavy atom. The number of nitrogens with zero attached hydrogens (tertiary/aromatic N) is 1. The van der Waals surface area contributed by atoms with E-state index < -0.39 is 0 Å². The first-order chi connectivity index (χ1) is 9.83. The minimum atomic E-state index is 0. The number of piperidine rings is 1. The number of hydrogen-bond acceptors (Lipinski definition) is 4. The number of halogens is 1. The van der Waals surface area contributed by atoms with Crippen LogP contribution in [0.1, 0.15) is 12.8 Å². The Hall–Kier alpha value is -1.43. The van der Waals surface area contributed by atoms with Crippen molar-refractivity contribution in [2.45, 2.75) is 12.8 Å². The van der Waals surface area contributed by atoms with Gasteiger partial charge in [0.15, 0.2) is 0 Å². The van der Waals surface area contributed by atoms with E-state index in [1.807, 2.05) is 29.6 Å². The first kappa shape index (κ1) is 15.9. The minimum absolute atomic E-state index is 0. The van der Waals surface area contributed by atoms with Gasteiger partial charge in [0.2, 0.25) is 5.91 Å². The van der Waals surface area contributed by atoms with Crippen LogP contribution in [-0.4, -0.2) is 24.0 Å². The summed E-state index contributed by atoms with van der Waals surface area (Å²) < 4.78 is 0. The number of carbonyl (C=O) groups excluding carboxylic acids is 1. The van der Waals surface area contributed by atoms with Crippen LogP contribution >= 0.6 is 23.7 Å². The summed E-state index contributed by atoms with van der Waals surface area (Å²) in [7, 11) is 0. The SMILES string of the molecule is Cl.O=C(Nc1ccc(-c2nccs2)cc1)C1CCCNC1. The van der Waals surface area contributed by atoms with Gasteiger partial charge in [0, 0.05) is 29.4 Å². The van der Waals surface area contributed by atoms with Crippen LogP contribution in [-0.2, 0) is 4.79 Å². The number of anilines is 1. The van der Waals surface area contributed by atoms with E-state index in [1.54, 1.807) is 17.5 Å². The first-order valence-corrected chi connectivity index (χ1v) is 7.72. The second-order valence-corrected chi connectivity index (χ2v) is 5.84. The summed E-state index contributed by atoms with van der Waals surface area (Å²) in [6, 6.07) is 7.86. The Balaban J connectivity index is 0.00000161. The van der Waals surface area contributed by atoms with Gasteiger partial charge in [0.1, 0.15) is 5.01 Å². The van der Waals surface area contributed by atoms with Crippen molar-refractivity contribution in [1.82, 2.24) is 10.3 Å². The predicted octanol–water partition coefficient (Wildman–Crippen LogP) is 3.17. The third-order valence-corrected chi connectivity index (χ3v) is 4.32. The van der Waals surface area contributed by atoms with E-state index >= 15 is 0 Å². The van der Waals surface area contributed by atoms with Gasteiger partial charge in [-0.05, 0) is 43.7 Å². The largest absolute Gasteiger partial charge is 0.326 e. The molecule has 21 heavy (non-hydrogen) atoms. The summed E-state index contributed by atoms with van der Waals surface area (Å²) in [5.74, 6) is 0.196. The maximum Gasteiger partial charge on any atom is 0.228 e. The molecule has 0 saturated carbocycles. The van der Waals surface area contributed by atoms with Gasteiger partial charge >= 0.3 is 0 Å². The van der Waals surface area contributed by atoms with Crippen LogP contribution in [0.25, 0.3) is 10.6 Å². The Bertz CT molecular complexity index is 565. The molecule has 1 aliphatic rings. The third-order valence-electron chi connectivity index (χ3n) is 3.50. The van der Waals surface area contributed by atoms with Gasteiger partial charge in [-0.3, -0.25) is 4.79 Å². The van der Waals surface area contributed by atoms with E-state index in [0.29, 0.717) is 0 Å². The molecule has 0 aliphatic carbocycles. The van der Waals surface area contributed by atoms with Gasteiger partial charge in [0.25, 0.3) is 0 Å². The van der Waals surface area contributed by atoms with Crippen molar-refractivity contribution in [3.8, 4) is 10.6 Å². The van der Waals surface area contributed by atoms with Crippen molar-refractivity contribution >= 4 is 35.3 Å². The van der Waals surface area contributed by atoms with Crippen molar-refractivity contribution in [1.29, 1.82) is 0 Å². The molecule has 1 unspecified atom stereocenters. The van der Waals surface area contributed by atoms with Gasteiger partial charge in [-0.2, -0.15) is 0 Å². The molecule has 3 rings (SSSR count). The Kier molecular flexibility index (Phi) is 5.73. The van der Waals surface area contributed by atoms with Crippen molar-refractivity contribution < 1.29 is 4.79 Å². The smallest absolute Gasteiger partial charge is 0.228 e. The molecule has 2 N–H and O–H groups in total. The molecule has 1 saturated heterocycles. The lowest BCUT2D eigenvalue weighted by molar-refractivity contribution is -0.120. The number of aromatic nitrogens is 1. The molecule has 1 amide bonds. The third kappa shape index (κ3) is 4.03. The number of hydrogen-bond donors (Lipinski definition) is 2. The molecule has 1 aliphatic heterocycles. The maximum absolute atomic E-state index is 12.1. The van der Waals surface area contributed by atoms with Crippen molar-refractivity contribution in [3.63, 3.8) is 0 Å². The van der Waals surface area contributed by atoms with Gasteiger partial charge in [0.05, 0.1) is 5.92 Å². The fourth-order valence-corrected chi connectivity index (χ4v) is 3.03. The van der Waals surface area contributed by atoms with Crippen molar-refractivity contribution in [2.24, 2.45) is 5.92 Å². The molecule has 2 aromatic rings. The summed E-state index contributed by atoms with van der Waals surface area (Å²) in [6.07, 6.45) is 3.84. The quantitative estimate of drug-likeness (QED) is 0.912. The van der Waals surface area contributed by atoms with Gasteiger partial charge < -0.3 is 10.6 Å². The van der Waals surface area contributed by atoms with E-state index in [0.717, 1.165) is 42.2 Å². The van der Waals surface area contributed by atoms with Gasteiger partial charge in [-0.25, -0.2) is 4.98 Å². The second kappa shape index (κ2) is 7.54. The fourth-order valence-electron chi connectivity index (χ4n) is 2.38. The molecule has 0 bridgehead atoms. The zero-order valence-electron chi connectivity index (χ0n) is 11.5. The summed E-state index contributed by atoms with van der Waals surface area (Å²) in [5, 5.41) is 9.21. The van der Waals surface area contributed by atoms with Crippen LogP contribution in [0.5, 0.6) is 0 Å². The molecule has 112 valence electrons. The lowest BCUT2D eigenvalue weighted by Gasteiger charge is -2.21. The first-order valence-electron chi connectivity index (χ1n) is 6.84. The molecule has 1 aromatic heterocycles. The number of carbonyl (C=O) groups is 1.